The number of nitrogens with zero attached hydrogens (tertiary/aromatic N) is 5. The highest BCUT2D eigenvalue weighted by atomic mass is 79.9. The number of aromatic nitrogens is 4. The summed E-state index contributed by atoms with van der Waals surface area (Å²) in [5.41, 5.74) is 0. The Hall–Kier alpha value is -1.50. The van der Waals surface area contributed by atoms with Gasteiger partial charge < -0.3 is 9.42 Å². The summed E-state index contributed by atoms with van der Waals surface area (Å²) in [4.78, 5) is 15.1. The van der Waals surface area contributed by atoms with Gasteiger partial charge in [-0.2, -0.15) is 4.98 Å². The fourth-order valence-electron chi connectivity index (χ4n) is 2.18. The summed E-state index contributed by atoms with van der Waals surface area (Å²) in [6.45, 7) is 2.71. The molecule has 1 fully saturated rings. The van der Waals surface area contributed by atoms with Gasteiger partial charge in [0.1, 0.15) is 0 Å². The Morgan fingerprint density at radius 3 is 2.83 bits per heavy atom. The molecule has 2 aromatic rings. The van der Waals surface area contributed by atoms with E-state index in [9.17, 15) is 0 Å². The molecule has 0 aromatic carbocycles. The first-order valence-electron chi connectivity index (χ1n) is 5.78. The van der Waals surface area contributed by atoms with E-state index in [0.717, 1.165) is 29.7 Å². The average Bonchev–Trinajstić information content (AvgIpc) is 2.98. The first-order valence-corrected chi connectivity index (χ1v) is 6.58. The second-order valence-corrected chi connectivity index (χ2v) is 5.14. The molecule has 1 aliphatic rings. The lowest BCUT2D eigenvalue weighted by Gasteiger charge is -2.21. The molecule has 0 bridgehead atoms. The van der Waals surface area contributed by atoms with Crippen LogP contribution in [0.4, 0.5) is 5.95 Å². The fourth-order valence-corrected chi connectivity index (χ4v) is 2.38. The number of aryl methyl sites for hydroxylation is 1. The van der Waals surface area contributed by atoms with Gasteiger partial charge in [0.15, 0.2) is 5.82 Å². The molecule has 2 aromatic heterocycles. The van der Waals surface area contributed by atoms with Gasteiger partial charge in [0.05, 0.1) is 10.5 Å². The fraction of sp³-hybridized carbons (Fsp3) is 0.455. The predicted octanol–water partition coefficient (Wildman–Crippen LogP) is 2.27. The molecule has 3 rings (SSSR count). The second kappa shape index (κ2) is 4.64. The van der Waals surface area contributed by atoms with Gasteiger partial charge >= 0.3 is 0 Å². The maximum Gasteiger partial charge on any atom is 0.225 e. The highest BCUT2D eigenvalue weighted by Gasteiger charge is 2.31. The monoisotopic (exact) mass is 309 g/mol. The standard InChI is InChI=1S/C11H12BrN5O/c1-7-15-10(16-18-7)9-3-2-4-17(9)11-13-5-8(12)6-14-11/h5-6,9H,2-4H2,1H3/t9-/m0/s1. The molecule has 0 N–H and O–H groups in total. The first-order chi connectivity index (χ1) is 8.74. The summed E-state index contributed by atoms with van der Waals surface area (Å²) >= 11 is 3.33. The van der Waals surface area contributed by atoms with E-state index < -0.39 is 0 Å². The van der Waals surface area contributed by atoms with Gasteiger partial charge in [-0.25, -0.2) is 9.97 Å². The third-order valence-corrected chi connectivity index (χ3v) is 3.37. The lowest BCUT2D eigenvalue weighted by atomic mass is 10.2. The summed E-state index contributed by atoms with van der Waals surface area (Å²) in [5, 5.41) is 4.00. The molecule has 0 spiro atoms. The van der Waals surface area contributed by atoms with E-state index in [2.05, 4.69) is 40.9 Å². The first kappa shape index (κ1) is 11.6. The average molecular weight is 310 g/mol. The van der Waals surface area contributed by atoms with Gasteiger partial charge in [-0.1, -0.05) is 5.16 Å². The largest absolute Gasteiger partial charge is 0.340 e. The molecule has 0 saturated carbocycles. The van der Waals surface area contributed by atoms with Crippen molar-refractivity contribution in [2.24, 2.45) is 0 Å². The van der Waals surface area contributed by atoms with Crippen molar-refractivity contribution in [3.05, 3.63) is 28.6 Å². The van der Waals surface area contributed by atoms with Gasteiger partial charge in [-0.15, -0.1) is 0 Å². The summed E-state index contributed by atoms with van der Waals surface area (Å²) < 4.78 is 5.92. The molecule has 1 aliphatic heterocycles. The zero-order valence-electron chi connectivity index (χ0n) is 9.88. The van der Waals surface area contributed by atoms with Crippen LogP contribution in [0.1, 0.15) is 30.6 Å². The van der Waals surface area contributed by atoms with Crippen LogP contribution in [0, 0.1) is 6.92 Å². The van der Waals surface area contributed by atoms with Crippen LogP contribution in [0.2, 0.25) is 0 Å². The molecule has 1 atom stereocenters. The van der Waals surface area contributed by atoms with Crippen LogP contribution in [0.5, 0.6) is 0 Å². The van der Waals surface area contributed by atoms with E-state index >= 15 is 0 Å². The van der Waals surface area contributed by atoms with Gasteiger partial charge in [-0.05, 0) is 28.8 Å². The molecule has 94 valence electrons. The van der Waals surface area contributed by atoms with E-state index in [1.807, 2.05) is 0 Å². The Balaban J connectivity index is 1.89. The quantitative estimate of drug-likeness (QED) is 0.847. The van der Waals surface area contributed by atoms with Crippen molar-refractivity contribution in [1.82, 2.24) is 20.1 Å². The van der Waals surface area contributed by atoms with Crippen LogP contribution in [0.25, 0.3) is 0 Å². The molecular formula is C11H12BrN5O. The third-order valence-electron chi connectivity index (χ3n) is 2.96. The number of hydrogen-bond donors (Lipinski definition) is 0. The highest BCUT2D eigenvalue weighted by Crippen LogP contribution is 2.32. The van der Waals surface area contributed by atoms with Crippen LogP contribution in [0.15, 0.2) is 21.4 Å². The van der Waals surface area contributed by atoms with Crippen molar-refractivity contribution in [1.29, 1.82) is 0 Å². The van der Waals surface area contributed by atoms with E-state index in [-0.39, 0.29) is 6.04 Å². The summed E-state index contributed by atoms with van der Waals surface area (Å²) in [7, 11) is 0. The molecule has 7 heteroatoms. The third kappa shape index (κ3) is 2.10. The van der Waals surface area contributed by atoms with Gasteiger partial charge in [0.2, 0.25) is 11.8 Å². The molecule has 18 heavy (non-hydrogen) atoms. The maximum atomic E-state index is 5.04. The molecular weight excluding hydrogens is 298 g/mol. The normalized spacial score (nSPS) is 19.4. The summed E-state index contributed by atoms with van der Waals surface area (Å²) in [5.74, 6) is 2.02. The van der Waals surface area contributed by atoms with Crippen LogP contribution in [-0.4, -0.2) is 26.7 Å². The zero-order valence-corrected chi connectivity index (χ0v) is 11.5. The molecule has 0 radical (unpaired) electrons. The maximum absolute atomic E-state index is 5.04. The number of anilines is 1. The zero-order chi connectivity index (χ0) is 12.5. The second-order valence-electron chi connectivity index (χ2n) is 4.22. The van der Waals surface area contributed by atoms with Gasteiger partial charge in [-0.3, -0.25) is 0 Å². The lowest BCUT2D eigenvalue weighted by Crippen LogP contribution is -2.25. The van der Waals surface area contributed by atoms with Crippen LogP contribution in [0.3, 0.4) is 0 Å². The molecule has 6 nitrogen and oxygen atoms in total. The Morgan fingerprint density at radius 2 is 2.17 bits per heavy atom. The van der Waals surface area contributed by atoms with Crippen molar-refractivity contribution < 1.29 is 4.52 Å². The smallest absolute Gasteiger partial charge is 0.225 e. The number of halogens is 1. The molecule has 0 aliphatic carbocycles. The van der Waals surface area contributed by atoms with Crippen molar-refractivity contribution in [2.45, 2.75) is 25.8 Å². The molecule has 3 heterocycles. The number of rotatable bonds is 2. The predicted molar refractivity (Wildman–Crippen MR) is 68.1 cm³/mol. The Morgan fingerprint density at radius 1 is 1.39 bits per heavy atom. The topological polar surface area (TPSA) is 67.9 Å². The summed E-state index contributed by atoms with van der Waals surface area (Å²) in [6.07, 6.45) is 5.58. The van der Waals surface area contributed by atoms with Crippen molar-refractivity contribution in [2.75, 3.05) is 11.4 Å². The summed E-state index contributed by atoms with van der Waals surface area (Å²) in [6, 6.07) is 0.114. The van der Waals surface area contributed by atoms with Gasteiger partial charge in [0.25, 0.3) is 0 Å². The highest BCUT2D eigenvalue weighted by molar-refractivity contribution is 9.10. The van der Waals surface area contributed by atoms with Crippen molar-refractivity contribution in [3.8, 4) is 0 Å². The van der Waals surface area contributed by atoms with E-state index in [1.165, 1.54) is 0 Å². The number of hydrogen-bond acceptors (Lipinski definition) is 6. The van der Waals surface area contributed by atoms with Crippen molar-refractivity contribution >= 4 is 21.9 Å². The minimum absolute atomic E-state index is 0.114. The van der Waals surface area contributed by atoms with E-state index in [1.54, 1.807) is 19.3 Å². The molecule has 0 unspecified atom stereocenters. The van der Waals surface area contributed by atoms with Crippen LogP contribution >= 0.6 is 15.9 Å². The Bertz CT molecular complexity index is 541. The molecule has 0 amide bonds. The Labute approximate surface area is 113 Å². The minimum atomic E-state index is 0.114. The Kier molecular flexibility index (Phi) is 2.99. The lowest BCUT2D eigenvalue weighted by molar-refractivity contribution is 0.383. The van der Waals surface area contributed by atoms with Crippen LogP contribution < -0.4 is 4.90 Å². The van der Waals surface area contributed by atoms with E-state index in [4.69, 9.17) is 4.52 Å². The SMILES string of the molecule is Cc1nc([C@@H]2CCCN2c2ncc(Br)cn2)no1. The van der Waals surface area contributed by atoms with Gasteiger partial charge in [0, 0.05) is 25.9 Å². The van der Waals surface area contributed by atoms with E-state index in [0.29, 0.717) is 11.8 Å². The van der Waals surface area contributed by atoms with Crippen LogP contribution in [-0.2, 0) is 0 Å². The minimum Gasteiger partial charge on any atom is -0.340 e. The molecule has 1 saturated heterocycles. The van der Waals surface area contributed by atoms with Crippen molar-refractivity contribution in [3.63, 3.8) is 0 Å².